The van der Waals surface area contributed by atoms with Crippen molar-refractivity contribution in [1.29, 1.82) is 0 Å². The zero-order valence-corrected chi connectivity index (χ0v) is 13.8. The summed E-state index contributed by atoms with van der Waals surface area (Å²) in [6.45, 7) is 0. The summed E-state index contributed by atoms with van der Waals surface area (Å²) >= 11 is 0. The van der Waals surface area contributed by atoms with Crippen LogP contribution in [-0.4, -0.2) is 31.8 Å². The monoisotopic (exact) mass is 343 g/mol. The van der Waals surface area contributed by atoms with Gasteiger partial charge in [-0.05, 0) is 36.4 Å². The maximum absolute atomic E-state index is 5.47. The number of methoxy groups -OCH3 is 1. The van der Waals surface area contributed by atoms with Crippen LogP contribution in [0.3, 0.4) is 0 Å². The molecule has 0 atom stereocenters. The lowest BCUT2D eigenvalue weighted by Gasteiger charge is -1.99. The minimum Gasteiger partial charge on any atom is -0.497 e. The van der Waals surface area contributed by atoms with Gasteiger partial charge in [0.25, 0.3) is 0 Å². The van der Waals surface area contributed by atoms with Gasteiger partial charge in [-0.2, -0.15) is 0 Å². The molecule has 7 nitrogen and oxygen atoms in total. The lowest BCUT2D eigenvalue weighted by Crippen LogP contribution is -1.90. The Morgan fingerprint density at radius 2 is 1.88 bits per heavy atom. The Kier molecular flexibility index (Phi) is 3.18. The van der Waals surface area contributed by atoms with Crippen LogP contribution in [-0.2, 0) is 0 Å². The van der Waals surface area contributed by atoms with Crippen LogP contribution in [0, 0.1) is 0 Å². The smallest absolute Gasteiger partial charge is 0.204 e. The molecule has 7 heteroatoms. The second-order valence-corrected chi connectivity index (χ2v) is 5.77. The van der Waals surface area contributed by atoms with E-state index in [9.17, 15) is 0 Å². The van der Waals surface area contributed by atoms with Crippen molar-refractivity contribution in [1.82, 2.24) is 24.7 Å². The molecule has 3 aromatic heterocycles. The molecule has 0 spiro atoms. The van der Waals surface area contributed by atoms with Gasteiger partial charge in [-0.15, -0.1) is 5.10 Å². The Bertz CT molecular complexity index is 1220. The van der Waals surface area contributed by atoms with Crippen LogP contribution in [0.15, 0.2) is 65.4 Å². The van der Waals surface area contributed by atoms with E-state index in [2.05, 4.69) is 20.2 Å². The number of fused-ring (bicyclic) bond motifs is 3. The highest BCUT2D eigenvalue weighted by molar-refractivity contribution is 5.91. The van der Waals surface area contributed by atoms with Crippen LogP contribution in [0.2, 0.25) is 0 Å². The molecule has 0 N–H and O–H groups in total. The molecule has 0 saturated carbocycles. The molecule has 2 aromatic carbocycles. The van der Waals surface area contributed by atoms with E-state index in [1.54, 1.807) is 18.0 Å². The van der Waals surface area contributed by atoms with E-state index in [0.717, 1.165) is 27.9 Å². The van der Waals surface area contributed by atoms with Crippen LogP contribution in [0.4, 0.5) is 0 Å². The van der Waals surface area contributed by atoms with E-state index in [1.807, 2.05) is 54.6 Å². The van der Waals surface area contributed by atoms with E-state index < -0.39 is 0 Å². The number of aromatic nitrogens is 5. The van der Waals surface area contributed by atoms with Gasteiger partial charge in [0.2, 0.25) is 5.82 Å². The summed E-state index contributed by atoms with van der Waals surface area (Å²) in [6.07, 6.45) is 1.65. The fourth-order valence-electron chi connectivity index (χ4n) is 2.86. The summed E-state index contributed by atoms with van der Waals surface area (Å²) < 4.78 is 12.3. The van der Waals surface area contributed by atoms with Gasteiger partial charge in [0, 0.05) is 17.0 Å². The fourth-order valence-corrected chi connectivity index (χ4v) is 2.86. The highest BCUT2D eigenvalue weighted by atomic mass is 16.5. The van der Waals surface area contributed by atoms with E-state index >= 15 is 0 Å². The molecule has 0 radical (unpaired) electrons. The van der Waals surface area contributed by atoms with Gasteiger partial charge in [0.15, 0.2) is 17.1 Å². The molecule has 0 aliphatic heterocycles. The topological polar surface area (TPSA) is 78.3 Å². The highest BCUT2D eigenvalue weighted by Crippen LogP contribution is 2.27. The molecule has 26 heavy (non-hydrogen) atoms. The van der Waals surface area contributed by atoms with E-state index in [0.29, 0.717) is 17.3 Å². The van der Waals surface area contributed by atoms with Gasteiger partial charge in [0.1, 0.15) is 12.1 Å². The molecule has 3 heterocycles. The van der Waals surface area contributed by atoms with E-state index in [1.165, 1.54) is 0 Å². The van der Waals surface area contributed by atoms with Gasteiger partial charge in [-0.3, -0.25) is 0 Å². The molecular weight excluding hydrogens is 330 g/mol. The van der Waals surface area contributed by atoms with Crippen molar-refractivity contribution < 1.29 is 9.26 Å². The summed E-state index contributed by atoms with van der Waals surface area (Å²) in [4.78, 5) is 9.01. The number of rotatable bonds is 3. The first kappa shape index (κ1) is 14.6. The van der Waals surface area contributed by atoms with Crippen molar-refractivity contribution >= 4 is 16.6 Å². The predicted octanol–water partition coefficient (Wildman–Crippen LogP) is 3.61. The minimum atomic E-state index is 0.492. The van der Waals surface area contributed by atoms with Crippen molar-refractivity contribution in [3.63, 3.8) is 0 Å². The minimum absolute atomic E-state index is 0.492. The molecule has 0 amide bonds. The third-order valence-corrected chi connectivity index (χ3v) is 4.20. The van der Waals surface area contributed by atoms with Crippen molar-refractivity contribution in [3.8, 4) is 28.6 Å². The molecule has 0 unspecified atom stereocenters. The SMILES string of the molecule is COc1ccc(-c2cc(-c3nc4c5ccccc5ncn4n3)no2)cc1. The van der Waals surface area contributed by atoms with Crippen molar-refractivity contribution in [2.24, 2.45) is 0 Å². The van der Waals surface area contributed by atoms with Crippen molar-refractivity contribution in [3.05, 3.63) is 60.9 Å². The van der Waals surface area contributed by atoms with Gasteiger partial charge in [-0.25, -0.2) is 14.5 Å². The van der Waals surface area contributed by atoms with Crippen LogP contribution < -0.4 is 4.74 Å². The third kappa shape index (κ3) is 2.29. The molecule has 0 aliphatic rings. The van der Waals surface area contributed by atoms with Gasteiger partial charge >= 0.3 is 0 Å². The summed E-state index contributed by atoms with van der Waals surface area (Å²) in [7, 11) is 1.63. The van der Waals surface area contributed by atoms with Gasteiger partial charge in [0.05, 0.1) is 12.6 Å². The largest absolute Gasteiger partial charge is 0.497 e. The number of hydrogen-bond donors (Lipinski definition) is 0. The number of benzene rings is 2. The summed E-state index contributed by atoms with van der Waals surface area (Å²) in [6, 6.07) is 17.2. The summed E-state index contributed by atoms with van der Waals surface area (Å²) in [5.74, 6) is 1.92. The molecule has 0 bridgehead atoms. The first-order valence-corrected chi connectivity index (χ1v) is 8.03. The molecule has 5 rings (SSSR count). The maximum atomic E-state index is 5.47. The molecule has 0 fully saturated rings. The maximum Gasteiger partial charge on any atom is 0.204 e. The Balaban J connectivity index is 1.57. The summed E-state index contributed by atoms with van der Waals surface area (Å²) in [5, 5.41) is 9.52. The first-order chi connectivity index (χ1) is 12.8. The van der Waals surface area contributed by atoms with E-state index in [4.69, 9.17) is 9.26 Å². The van der Waals surface area contributed by atoms with Crippen molar-refractivity contribution in [2.75, 3.05) is 7.11 Å². The average Bonchev–Trinajstić information content (AvgIpc) is 3.35. The van der Waals surface area contributed by atoms with Crippen LogP contribution in [0.5, 0.6) is 5.75 Å². The number of para-hydroxylation sites is 1. The molecule has 0 aliphatic carbocycles. The van der Waals surface area contributed by atoms with Crippen LogP contribution in [0.1, 0.15) is 0 Å². The Labute approximate surface area is 147 Å². The quantitative estimate of drug-likeness (QED) is 0.498. The Hall–Kier alpha value is -3.74. The fraction of sp³-hybridized carbons (Fsp3) is 0.0526. The van der Waals surface area contributed by atoms with Crippen LogP contribution >= 0.6 is 0 Å². The standard InChI is InChI=1S/C19H13N5O2/c1-25-13-8-6-12(7-9-13)17-10-16(23-26-17)18-21-19-14-4-2-3-5-15(14)20-11-24(19)22-18/h2-11H,1H3. The van der Waals surface area contributed by atoms with Crippen LogP contribution in [0.25, 0.3) is 39.4 Å². The zero-order valence-electron chi connectivity index (χ0n) is 13.8. The number of hydrogen-bond acceptors (Lipinski definition) is 6. The molecular formula is C19H13N5O2. The lowest BCUT2D eigenvalue weighted by molar-refractivity contribution is 0.414. The second-order valence-electron chi connectivity index (χ2n) is 5.77. The second kappa shape index (κ2) is 5.66. The van der Waals surface area contributed by atoms with Crippen molar-refractivity contribution in [2.45, 2.75) is 0 Å². The predicted molar refractivity (Wildman–Crippen MR) is 95.8 cm³/mol. The molecule has 0 saturated heterocycles. The Morgan fingerprint density at radius 3 is 2.73 bits per heavy atom. The molecule has 126 valence electrons. The average molecular weight is 343 g/mol. The highest BCUT2D eigenvalue weighted by Gasteiger charge is 2.15. The Morgan fingerprint density at radius 1 is 1.04 bits per heavy atom. The normalized spacial score (nSPS) is 11.3. The number of nitrogens with zero attached hydrogens (tertiary/aromatic N) is 5. The third-order valence-electron chi connectivity index (χ3n) is 4.20. The zero-order chi connectivity index (χ0) is 17.5. The first-order valence-electron chi connectivity index (χ1n) is 8.03. The lowest BCUT2D eigenvalue weighted by atomic mass is 10.1. The summed E-state index contributed by atoms with van der Waals surface area (Å²) in [5.41, 5.74) is 3.08. The van der Waals surface area contributed by atoms with Gasteiger partial charge < -0.3 is 9.26 Å². The number of ether oxygens (including phenoxy) is 1. The molecule has 5 aromatic rings. The van der Waals surface area contributed by atoms with Gasteiger partial charge in [-0.1, -0.05) is 17.3 Å². The van der Waals surface area contributed by atoms with E-state index in [-0.39, 0.29) is 0 Å².